The van der Waals surface area contributed by atoms with Crippen LogP contribution in [0.5, 0.6) is 0 Å². The molecule has 0 aliphatic heterocycles. The predicted molar refractivity (Wildman–Crippen MR) is 119 cm³/mol. The average Bonchev–Trinajstić information content (AvgIpc) is 3.37. The van der Waals surface area contributed by atoms with Gasteiger partial charge in [0.1, 0.15) is 11.7 Å². The minimum absolute atomic E-state index is 0.0805. The van der Waals surface area contributed by atoms with Crippen LogP contribution in [0.3, 0.4) is 0 Å². The van der Waals surface area contributed by atoms with Crippen molar-refractivity contribution in [2.45, 2.75) is 66.5 Å². The summed E-state index contributed by atoms with van der Waals surface area (Å²) in [5.74, 6) is 2.02. The Balaban J connectivity index is 1.56. The molecule has 0 aromatic carbocycles. The fourth-order valence-corrected chi connectivity index (χ4v) is 4.58. The third-order valence-electron chi connectivity index (χ3n) is 6.58. The summed E-state index contributed by atoms with van der Waals surface area (Å²) < 4.78 is 4.01. The highest BCUT2D eigenvalue weighted by molar-refractivity contribution is 5.85. The maximum absolute atomic E-state index is 12.4. The number of hydrogen-bond donors (Lipinski definition) is 1. The zero-order valence-electron chi connectivity index (χ0n) is 18.6. The van der Waals surface area contributed by atoms with Crippen molar-refractivity contribution in [3.8, 4) is 0 Å². The van der Waals surface area contributed by atoms with Crippen molar-refractivity contribution in [3.63, 3.8) is 0 Å². The summed E-state index contributed by atoms with van der Waals surface area (Å²) in [6.45, 7) is 12.0. The lowest BCUT2D eigenvalue weighted by molar-refractivity contribution is -0.121. The molecule has 1 N–H and O–H groups in total. The van der Waals surface area contributed by atoms with Gasteiger partial charge in [0.15, 0.2) is 5.78 Å². The van der Waals surface area contributed by atoms with Gasteiger partial charge in [-0.3, -0.25) is 9.48 Å². The molecule has 3 aromatic rings. The lowest BCUT2D eigenvalue weighted by atomic mass is 9.87. The topological polar surface area (TPSA) is 77.6 Å². The Morgan fingerprint density at radius 2 is 2.10 bits per heavy atom. The third-order valence-corrected chi connectivity index (χ3v) is 6.58. The number of anilines is 2. The van der Waals surface area contributed by atoms with E-state index in [9.17, 15) is 4.79 Å². The first kappa shape index (κ1) is 20.6. The highest BCUT2D eigenvalue weighted by atomic mass is 16.1. The molecule has 160 valence electrons. The standard InChI is InChI=1S/C23H32N6O/c1-6-16(15(2)3)13-28-10-8-17-11-24-22(27-21(17)28)26-18-12-25-29(14-18)20-19(30)7-9-23(20,4)5/h8,10-12,14-16,20H,6-7,9,13H2,1-5H3,(H,24,26,27)/t16-,20?/m1/s1. The summed E-state index contributed by atoms with van der Waals surface area (Å²) in [6.07, 6.45) is 10.2. The van der Waals surface area contributed by atoms with Crippen LogP contribution in [0.25, 0.3) is 11.0 Å². The lowest BCUT2D eigenvalue weighted by Crippen LogP contribution is -2.26. The Kier molecular flexibility index (Phi) is 5.38. The van der Waals surface area contributed by atoms with Crippen LogP contribution in [-0.2, 0) is 11.3 Å². The average molecular weight is 409 g/mol. The molecule has 0 spiro atoms. The Labute approximate surface area is 177 Å². The zero-order valence-corrected chi connectivity index (χ0v) is 18.6. The van der Waals surface area contributed by atoms with Crippen LogP contribution in [0.15, 0.2) is 30.9 Å². The van der Waals surface area contributed by atoms with E-state index in [0.29, 0.717) is 24.2 Å². The second kappa shape index (κ2) is 7.85. The van der Waals surface area contributed by atoms with Crippen molar-refractivity contribution in [1.29, 1.82) is 0 Å². The molecule has 0 bridgehead atoms. The molecule has 0 saturated heterocycles. The minimum atomic E-state index is -0.212. The van der Waals surface area contributed by atoms with Gasteiger partial charge in [0, 0.05) is 36.9 Å². The van der Waals surface area contributed by atoms with E-state index >= 15 is 0 Å². The van der Waals surface area contributed by atoms with E-state index in [1.54, 1.807) is 10.9 Å². The van der Waals surface area contributed by atoms with Gasteiger partial charge in [0.05, 0.1) is 11.9 Å². The largest absolute Gasteiger partial charge is 0.332 e. The Morgan fingerprint density at radius 3 is 2.77 bits per heavy atom. The van der Waals surface area contributed by atoms with Crippen molar-refractivity contribution in [3.05, 3.63) is 30.9 Å². The van der Waals surface area contributed by atoms with Crippen LogP contribution < -0.4 is 5.32 Å². The number of carbonyl (C=O) groups is 1. The second-order valence-electron chi connectivity index (χ2n) is 9.54. The number of rotatable bonds is 7. The number of aromatic nitrogens is 5. The molecular weight excluding hydrogens is 376 g/mol. The lowest BCUT2D eigenvalue weighted by Gasteiger charge is -2.25. The molecule has 1 aliphatic carbocycles. The molecule has 1 fully saturated rings. The number of hydrogen-bond acceptors (Lipinski definition) is 5. The molecule has 1 unspecified atom stereocenters. The van der Waals surface area contributed by atoms with Crippen LogP contribution in [0, 0.1) is 17.3 Å². The van der Waals surface area contributed by atoms with Gasteiger partial charge in [0.25, 0.3) is 0 Å². The van der Waals surface area contributed by atoms with E-state index in [1.807, 2.05) is 12.4 Å². The first-order valence-corrected chi connectivity index (χ1v) is 10.9. The van der Waals surface area contributed by atoms with Gasteiger partial charge < -0.3 is 9.88 Å². The fourth-order valence-electron chi connectivity index (χ4n) is 4.58. The van der Waals surface area contributed by atoms with Crippen molar-refractivity contribution in [1.82, 2.24) is 24.3 Å². The third kappa shape index (κ3) is 3.85. The molecule has 2 atom stereocenters. The monoisotopic (exact) mass is 408 g/mol. The smallest absolute Gasteiger partial charge is 0.229 e. The first-order valence-electron chi connectivity index (χ1n) is 10.9. The van der Waals surface area contributed by atoms with Crippen molar-refractivity contribution in [2.24, 2.45) is 17.3 Å². The molecule has 4 rings (SSSR count). The molecule has 1 aliphatic rings. The number of nitrogens with zero attached hydrogens (tertiary/aromatic N) is 5. The Morgan fingerprint density at radius 1 is 1.30 bits per heavy atom. The quantitative estimate of drug-likeness (QED) is 0.596. The van der Waals surface area contributed by atoms with E-state index in [-0.39, 0.29) is 17.2 Å². The summed E-state index contributed by atoms with van der Waals surface area (Å²) in [5.41, 5.74) is 1.64. The number of Topliss-reactive ketones (excluding diaryl/α,β-unsaturated/α-hetero) is 1. The van der Waals surface area contributed by atoms with Crippen LogP contribution in [-0.4, -0.2) is 30.1 Å². The van der Waals surface area contributed by atoms with Gasteiger partial charge in [-0.1, -0.05) is 41.0 Å². The first-order chi connectivity index (χ1) is 14.3. The normalized spacial score (nSPS) is 19.7. The van der Waals surface area contributed by atoms with Crippen LogP contribution >= 0.6 is 0 Å². The predicted octanol–water partition coefficient (Wildman–Crippen LogP) is 4.98. The molecule has 3 aromatic heterocycles. The molecule has 0 radical (unpaired) electrons. The van der Waals surface area contributed by atoms with E-state index in [4.69, 9.17) is 4.98 Å². The van der Waals surface area contributed by atoms with Gasteiger partial charge in [-0.2, -0.15) is 10.1 Å². The van der Waals surface area contributed by atoms with Gasteiger partial charge in [-0.15, -0.1) is 0 Å². The van der Waals surface area contributed by atoms with Gasteiger partial charge in [0.2, 0.25) is 5.95 Å². The second-order valence-corrected chi connectivity index (χ2v) is 9.54. The molecule has 7 nitrogen and oxygen atoms in total. The highest BCUT2D eigenvalue weighted by Crippen LogP contribution is 2.43. The number of fused-ring (bicyclic) bond motifs is 1. The van der Waals surface area contributed by atoms with Crippen LogP contribution in [0.2, 0.25) is 0 Å². The maximum atomic E-state index is 12.4. The van der Waals surface area contributed by atoms with Crippen molar-refractivity contribution < 1.29 is 4.79 Å². The summed E-state index contributed by atoms with van der Waals surface area (Å²) in [4.78, 5) is 21.6. The van der Waals surface area contributed by atoms with Crippen LogP contribution in [0.4, 0.5) is 11.6 Å². The summed E-state index contributed by atoms with van der Waals surface area (Å²) >= 11 is 0. The zero-order chi connectivity index (χ0) is 21.5. The van der Waals surface area contributed by atoms with Crippen molar-refractivity contribution >= 4 is 28.5 Å². The number of carbonyl (C=O) groups excluding carboxylic acids is 1. The summed E-state index contributed by atoms with van der Waals surface area (Å²) in [6, 6.07) is 1.86. The number of ketones is 1. The fraction of sp³-hybridized carbons (Fsp3) is 0.565. The maximum Gasteiger partial charge on any atom is 0.229 e. The molecule has 1 saturated carbocycles. The minimum Gasteiger partial charge on any atom is -0.332 e. The Bertz CT molecular complexity index is 1050. The van der Waals surface area contributed by atoms with Gasteiger partial charge in [-0.05, 0) is 29.7 Å². The molecular formula is C23H32N6O. The van der Waals surface area contributed by atoms with E-state index in [1.165, 1.54) is 0 Å². The summed E-state index contributed by atoms with van der Waals surface area (Å²) in [7, 11) is 0. The van der Waals surface area contributed by atoms with Crippen LogP contribution in [0.1, 0.15) is 59.9 Å². The van der Waals surface area contributed by atoms with E-state index in [2.05, 4.69) is 66.8 Å². The van der Waals surface area contributed by atoms with Crippen molar-refractivity contribution in [2.75, 3.05) is 5.32 Å². The van der Waals surface area contributed by atoms with Gasteiger partial charge >= 0.3 is 0 Å². The van der Waals surface area contributed by atoms with E-state index in [0.717, 1.165) is 36.1 Å². The molecule has 0 amide bonds. The van der Waals surface area contributed by atoms with Gasteiger partial charge in [-0.25, -0.2) is 4.98 Å². The number of nitrogens with one attached hydrogen (secondary N) is 1. The summed E-state index contributed by atoms with van der Waals surface area (Å²) in [5, 5.41) is 8.75. The van der Waals surface area contributed by atoms with E-state index < -0.39 is 0 Å². The molecule has 3 heterocycles. The molecule has 7 heteroatoms. The Hall–Kier alpha value is -2.70. The molecule has 30 heavy (non-hydrogen) atoms. The SMILES string of the molecule is CC[C@H](Cn1ccc2cnc(Nc3cnn(C4C(=O)CCC4(C)C)c3)nc21)C(C)C. The highest BCUT2D eigenvalue weighted by Gasteiger charge is 2.42.